The summed E-state index contributed by atoms with van der Waals surface area (Å²) in [5, 5.41) is 0. The Morgan fingerprint density at radius 2 is 1.75 bits per heavy atom. The van der Waals surface area contributed by atoms with Gasteiger partial charge in [0.2, 0.25) is 6.79 Å². The number of carbonyl (C=O) groups excluding carboxylic acids is 1. The normalized spacial score (nSPS) is 19.7. The molecule has 3 aromatic carbocycles. The highest BCUT2D eigenvalue weighted by molar-refractivity contribution is 5.76. The van der Waals surface area contributed by atoms with Crippen molar-refractivity contribution in [3.63, 3.8) is 0 Å². The molecule has 2 heterocycles. The molecular weight excluding hydrogens is 454 g/mol. The number of hydrogen-bond donors (Lipinski definition) is 0. The highest BCUT2D eigenvalue weighted by Crippen LogP contribution is 2.45. The van der Waals surface area contributed by atoms with E-state index >= 15 is 0 Å². The summed E-state index contributed by atoms with van der Waals surface area (Å²) in [6.07, 6.45) is 2.54. The van der Waals surface area contributed by atoms with Crippen LogP contribution < -0.4 is 14.2 Å². The van der Waals surface area contributed by atoms with E-state index in [1.807, 2.05) is 48.5 Å². The van der Waals surface area contributed by atoms with Gasteiger partial charge in [0.15, 0.2) is 11.5 Å². The first kappa shape index (κ1) is 24.2. The lowest BCUT2D eigenvalue weighted by Crippen LogP contribution is -2.42. The zero-order valence-electron chi connectivity index (χ0n) is 20.9. The fraction of sp³-hybridized carbons (Fsp3) is 0.367. The van der Waals surface area contributed by atoms with Crippen LogP contribution in [-0.2, 0) is 16.1 Å². The molecule has 0 bridgehead atoms. The summed E-state index contributed by atoms with van der Waals surface area (Å²) in [5.74, 6) is 2.49. The lowest BCUT2D eigenvalue weighted by atomic mass is 9.93. The van der Waals surface area contributed by atoms with Crippen LogP contribution in [0.5, 0.6) is 17.2 Å². The van der Waals surface area contributed by atoms with Crippen LogP contribution in [0.2, 0.25) is 0 Å². The van der Waals surface area contributed by atoms with Gasteiger partial charge in [-0.25, -0.2) is 0 Å². The molecule has 0 saturated carbocycles. The number of likely N-dealkylation sites (tertiary alicyclic amines) is 1. The van der Waals surface area contributed by atoms with Crippen LogP contribution in [0.15, 0.2) is 72.8 Å². The molecular formula is C30H33NO5. The molecule has 3 aromatic rings. The Kier molecular flexibility index (Phi) is 7.42. The number of nitrogens with zero attached hydrogens (tertiary/aromatic N) is 1. The summed E-state index contributed by atoms with van der Waals surface area (Å²) in [6, 6.07) is 24.0. The first-order chi connectivity index (χ1) is 17.7. The van der Waals surface area contributed by atoms with Crippen LogP contribution in [0.3, 0.4) is 0 Å². The molecule has 0 amide bonds. The molecule has 1 saturated heterocycles. The molecule has 0 radical (unpaired) electrons. The van der Waals surface area contributed by atoms with Gasteiger partial charge in [-0.05, 0) is 59.7 Å². The minimum absolute atomic E-state index is 0.0900. The average Bonchev–Trinajstić information content (AvgIpc) is 3.58. The van der Waals surface area contributed by atoms with E-state index in [1.165, 1.54) is 11.1 Å². The molecule has 3 atom stereocenters. The molecule has 6 heteroatoms. The van der Waals surface area contributed by atoms with Crippen LogP contribution in [-0.4, -0.2) is 37.4 Å². The maximum atomic E-state index is 13.4. The Bertz CT molecular complexity index is 1160. The van der Waals surface area contributed by atoms with Gasteiger partial charge in [0.05, 0.1) is 7.11 Å². The third kappa shape index (κ3) is 5.19. The van der Waals surface area contributed by atoms with E-state index in [0.717, 1.165) is 48.6 Å². The second kappa shape index (κ2) is 11.0. The van der Waals surface area contributed by atoms with Gasteiger partial charge < -0.3 is 18.9 Å². The van der Waals surface area contributed by atoms with Crippen LogP contribution in [0.25, 0.3) is 0 Å². The van der Waals surface area contributed by atoms with E-state index in [2.05, 4.69) is 36.1 Å². The minimum atomic E-state index is -0.315. The summed E-state index contributed by atoms with van der Waals surface area (Å²) < 4.78 is 22.4. The number of fused-ring (bicyclic) bond motifs is 1. The van der Waals surface area contributed by atoms with Gasteiger partial charge in [-0.15, -0.1) is 0 Å². The molecule has 2 aliphatic rings. The smallest absolute Gasteiger partial charge is 0.323 e. The number of hydrogen-bond acceptors (Lipinski definition) is 6. The van der Waals surface area contributed by atoms with Crippen LogP contribution >= 0.6 is 0 Å². The minimum Gasteiger partial charge on any atom is -0.497 e. The molecule has 0 unspecified atom stereocenters. The van der Waals surface area contributed by atoms with Gasteiger partial charge in [-0.1, -0.05) is 61.9 Å². The van der Waals surface area contributed by atoms with E-state index in [1.54, 1.807) is 7.11 Å². The third-order valence-electron chi connectivity index (χ3n) is 7.17. The summed E-state index contributed by atoms with van der Waals surface area (Å²) in [4.78, 5) is 15.8. The summed E-state index contributed by atoms with van der Waals surface area (Å²) in [7, 11) is 1.67. The molecule has 0 aromatic heterocycles. The van der Waals surface area contributed by atoms with Gasteiger partial charge in [0, 0.05) is 12.6 Å². The van der Waals surface area contributed by atoms with Crippen molar-refractivity contribution in [3.8, 4) is 17.2 Å². The van der Waals surface area contributed by atoms with E-state index in [-0.39, 0.29) is 37.4 Å². The molecule has 36 heavy (non-hydrogen) atoms. The van der Waals surface area contributed by atoms with Crippen molar-refractivity contribution in [3.05, 3.63) is 89.5 Å². The topological polar surface area (TPSA) is 57.2 Å². The van der Waals surface area contributed by atoms with Crippen molar-refractivity contribution in [2.24, 2.45) is 0 Å². The maximum absolute atomic E-state index is 13.4. The van der Waals surface area contributed by atoms with Gasteiger partial charge in [0.25, 0.3) is 0 Å². The van der Waals surface area contributed by atoms with Crippen LogP contribution in [0.4, 0.5) is 0 Å². The Hall–Kier alpha value is -3.51. The highest BCUT2D eigenvalue weighted by atomic mass is 16.7. The van der Waals surface area contributed by atoms with Crippen molar-refractivity contribution < 1.29 is 23.7 Å². The fourth-order valence-corrected chi connectivity index (χ4v) is 5.29. The Labute approximate surface area is 212 Å². The second-order valence-corrected chi connectivity index (χ2v) is 9.43. The van der Waals surface area contributed by atoms with E-state index in [0.29, 0.717) is 0 Å². The predicted molar refractivity (Wildman–Crippen MR) is 137 cm³/mol. The summed E-state index contributed by atoms with van der Waals surface area (Å²) in [6.45, 7) is 3.43. The second-order valence-electron chi connectivity index (χ2n) is 9.43. The molecule has 188 valence electrons. The molecule has 6 nitrogen and oxygen atoms in total. The zero-order valence-corrected chi connectivity index (χ0v) is 20.9. The Morgan fingerprint density at radius 3 is 2.50 bits per heavy atom. The van der Waals surface area contributed by atoms with E-state index in [9.17, 15) is 4.79 Å². The Morgan fingerprint density at radius 1 is 1.00 bits per heavy atom. The third-order valence-corrected chi connectivity index (χ3v) is 7.17. The molecule has 5 rings (SSSR count). The fourth-order valence-electron chi connectivity index (χ4n) is 5.29. The monoisotopic (exact) mass is 487 g/mol. The lowest BCUT2D eigenvalue weighted by Gasteiger charge is -2.32. The molecule has 0 N–H and O–H groups in total. The van der Waals surface area contributed by atoms with Crippen molar-refractivity contribution in [2.45, 2.75) is 50.8 Å². The van der Waals surface area contributed by atoms with Crippen molar-refractivity contribution in [2.75, 3.05) is 20.4 Å². The number of carbonyl (C=O) groups is 1. The number of benzene rings is 3. The quantitative estimate of drug-likeness (QED) is 0.352. The molecule has 1 fully saturated rings. The first-order valence-electron chi connectivity index (χ1n) is 12.7. The number of esters is 1. The zero-order chi connectivity index (χ0) is 24.9. The first-order valence-corrected chi connectivity index (χ1v) is 12.7. The molecule has 2 aliphatic heterocycles. The largest absolute Gasteiger partial charge is 0.497 e. The average molecular weight is 488 g/mol. The van der Waals surface area contributed by atoms with E-state index < -0.39 is 0 Å². The lowest BCUT2D eigenvalue weighted by molar-refractivity contribution is -0.152. The standard InChI is InChI=1S/C30H33NO5/c1-3-7-26(30(32)34-19-21-8-5-4-6-9-21)31-18-24(23-12-15-28-29(17-23)36-20-35-28)16-27(31)22-10-13-25(33-2)14-11-22/h4-6,8-15,17,24,26-27H,3,7,16,18-20H2,1-2H3/t24-,26+,27+/m0/s1. The highest BCUT2D eigenvalue weighted by Gasteiger charge is 2.41. The summed E-state index contributed by atoms with van der Waals surface area (Å²) >= 11 is 0. The predicted octanol–water partition coefficient (Wildman–Crippen LogP) is 5.87. The maximum Gasteiger partial charge on any atom is 0.323 e. The van der Waals surface area contributed by atoms with Gasteiger partial charge in [-0.3, -0.25) is 9.69 Å². The number of rotatable bonds is 9. The molecule has 0 aliphatic carbocycles. The van der Waals surface area contributed by atoms with Gasteiger partial charge in [0.1, 0.15) is 18.4 Å². The van der Waals surface area contributed by atoms with Crippen molar-refractivity contribution in [1.29, 1.82) is 0 Å². The molecule has 0 spiro atoms. The SMILES string of the molecule is CCC[C@H](C(=O)OCc1ccccc1)N1C[C@@H](c2ccc3c(c2)OCO3)C[C@@H]1c1ccc(OC)cc1. The summed E-state index contributed by atoms with van der Waals surface area (Å²) in [5.41, 5.74) is 3.37. The van der Waals surface area contributed by atoms with Crippen molar-refractivity contribution in [1.82, 2.24) is 4.90 Å². The van der Waals surface area contributed by atoms with Gasteiger partial charge in [-0.2, -0.15) is 0 Å². The number of ether oxygens (including phenoxy) is 4. The van der Waals surface area contributed by atoms with E-state index in [4.69, 9.17) is 18.9 Å². The van der Waals surface area contributed by atoms with Crippen LogP contribution in [0, 0.1) is 0 Å². The Balaban J connectivity index is 1.41. The van der Waals surface area contributed by atoms with Gasteiger partial charge >= 0.3 is 5.97 Å². The van der Waals surface area contributed by atoms with Crippen molar-refractivity contribution >= 4 is 5.97 Å². The van der Waals surface area contributed by atoms with Crippen LogP contribution in [0.1, 0.15) is 54.8 Å². The number of methoxy groups -OCH3 is 1.